The summed E-state index contributed by atoms with van der Waals surface area (Å²) in [6, 6.07) is 0. The summed E-state index contributed by atoms with van der Waals surface area (Å²) in [5.41, 5.74) is 0. The first-order valence-electron chi connectivity index (χ1n) is 0.383. The van der Waals surface area contributed by atoms with E-state index < -0.39 is 0 Å². The molecule has 0 amide bonds. The first-order chi connectivity index (χ1) is 1.41. The minimum absolute atomic E-state index is 0. The molecule has 0 heterocycles. The van der Waals surface area contributed by atoms with Gasteiger partial charge in [-0.15, -0.1) is 4.91 Å². The molecule has 0 saturated carbocycles. The fraction of sp³-hybridized carbons (Fsp3) is 0. The molecule has 10 heteroatoms. The van der Waals surface area contributed by atoms with E-state index in [2.05, 4.69) is 0 Å². The quantitative estimate of drug-likeness (QED) is 0.253. The van der Waals surface area contributed by atoms with Crippen LogP contribution in [0.2, 0.25) is 0 Å². The van der Waals surface area contributed by atoms with E-state index in [1.807, 2.05) is 0 Å². The van der Waals surface area contributed by atoms with Crippen molar-refractivity contribution in [1.82, 2.24) is 0 Å². The second-order valence-electron chi connectivity index (χ2n) is 0.0816. The second-order valence-corrected chi connectivity index (χ2v) is 0.0816. The van der Waals surface area contributed by atoms with Crippen molar-refractivity contribution in [1.29, 1.82) is 0 Å². The molecule has 0 aromatic heterocycles. The predicted octanol–water partition coefficient (Wildman–Crippen LogP) is -4.81. The molecule has 0 fully saturated rings. The van der Waals surface area contributed by atoms with Gasteiger partial charge in [-0.25, -0.2) is 0 Å². The fourth-order valence-electron chi connectivity index (χ4n) is 0. The van der Waals surface area contributed by atoms with Crippen LogP contribution in [-0.2, 0) is 21.1 Å². The van der Waals surface area contributed by atoms with Crippen LogP contribution < -0.4 is 0 Å². The molecule has 0 aliphatic heterocycles. The van der Waals surface area contributed by atoms with Crippen LogP contribution in [-0.4, -0.2) is 38.1 Å². The zero-order valence-electron chi connectivity index (χ0n) is 4.71. The van der Waals surface area contributed by atoms with Crippen LogP contribution >= 0.6 is 0 Å². The molecular weight excluding hydrogens is 238 g/mol. The van der Waals surface area contributed by atoms with Crippen molar-refractivity contribution >= 4 is 0 Å². The Morgan fingerprint density at radius 1 is 0.800 bits per heavy atom. The van der Waals surface area contributed by atoms with Crippen LogP contribution in [0.4, 0.5) is 0 Å². The third-order valence-corrected chi connectivity index (χ3v) is 0. The molecule has 10 heavy (non-hydrogen) atoms. The summed E-state index contributed by atoms with van der Waals surface area (Å²) in [4.78, 5) is 8.11. The third-order valence-electron chi connectivity index (χ3n) is 0. The van der Waals surface area contributed by atoms with Gasteiger partial charge in [-0.05, 0) is 0 Å². The fourth-order valence-corrected chi connectivity index (χ4v) is 0. The van der Waals surface area contributed by atoms with Crippen molar-refractivity contribution in [3.05, 3.63) is 4.91 Å². The number of hydrogen-bond donors (Lipinski definition) is 1. The van der Waals surface area contributed by atoms with E-state index in [0.717, 1.165) is 0 Å². The predicted molar refractivity (Wildman–Crippen MR) is 29.3 cm³/mol. The molecule has 72 valence electrons. The molecule has 0 saturated heterocycles. The van der Waals surface area contributed by atoms with Crippen molar-refractivity contribution in [2.75, 3.05) is 0 Å². The number of hydrogen-bond acceptors (Lipinski definition) is 2. The first-order valence-corrected chi connectivity index (χ1v) is 0.383. The molecule has 0 spiro atoms. The molecule has 0 rings (SSSR count). The molecule has 9 nitrogen and oxygen atoms in total. The van der Waals surface area contributed by atoms with E-state index in [1.54, 1.807) is 0 Å². The largest absolute Gasteiger partial charge is 0.412 e. The van der Waals surface area contributed by atoms with Crippen LogP contribution in [0, 0.1) is 4.91 Å². The Hall–Kier alpha value is -0.152. The molecular formula is H13MoNO8. The van der Waals surface area contributed by atoms with Crippen molar-refractivity contribution in [3.8, 4) is 0 Å². The van der Waals surface area contributed by atoms with E-state index in [4.69, 9.17) is 10.1 Å². The molecule has 0 aliphatic rings. The Bertz CT molecular complexity index is 16.7. The van der Waals surface area contributed by atoms with Crippen molar-refractivity contribution in [2.45, 2.75) is 0 Å². The summed E-state index contributed by atoms with van der Waals surface area (Å²) in [6.07, 6.45) is 0. The van der Waals surface area contributed by atoms with Crippen LogP contribution in [0.3, 0.4) is 0 Å². The maximum atomic E-state index is 8.11. The smallest absolute Gasteiger partial charge is 0.152 e. The summed E-state index contributed by atoms with van der Waals surface area (Å²) in [5, 5.41) is 7.89. The van der Waals surface area contributed by atoms with Crippen LogP contribution in [0.25, 0.3) is 0 Å². The van der Waals surface area contributed by atoms with Crippen LogP contribution in [0.5, 0.6) is 0 Å². The average molecular weight is 251 g/mol. The summed E-state index contributed by atoms with van der Waals surface area (Å²) in [5.74, 6) is 0. The van der Waals surface area contributed by atoms with E-state index in [-0.39, 0.29) is 53.9 Å². The Kier molecular flexibility index (Phi) is 17100. The summed E-state index contributed by atoms with van der Waals surface area (Å²) in [7, 11) is 0. The summed E-state index contributed by atoms with van der Waals surface area (Å²) >= 11 is 0. The second kappa shape index (κ2) is 757. The Morgan fingerprint density at radius 3 is 0.800 bits per heavy atom. The summed E-state index contributed by atoms with van der Waals surface area (Å²) in [6.45, 7) is 0. The van der Waals surface area contributed by atoms with Gasteiger partial charge in [0, 0.05) is 21.1 Å². The molecule has 13 N–H and O–H groups in total. The maximum Gasteiger partial charge on any atom is 0.152 e. The van der Waals surface area contributed by atoms with E-state index in [9.17, 15) is 0 Å². The Morgan fingerprint density at radius 2 is 0.800 bits per heavy atom. The van der Waals surface area contributed by atoms with Gasteiger partial charge < -0.3 is 38.1 Å². The van der Waals surface area contributed by atoms with Gasteiger partial charge in [0.25, 0.3) is 0 Å². The SMILES string of the molecule is O.O.O.O.O.O.O=NO.[Mo]. The van der Waals surface area contributed by atoms with Gasteiger partial charge in [0.2, 0.25) is 0 Å². The molecule has 0 aromatic carbocycles. The number of rotatable bonds is 0. The molecule has 0 bridgehead atoms. The van der Waals surface area contributed by atoms with Gasteiger partial charge in [-0.1, -0.05) is 0 Å². The standard InChI is InChI=1S/Mo.HNO2.6H2O/c;2-1-3;;;;;;/h;(H,2,3);6*1H2. The van der Waals surface area contributed by atoms with Crippen LogP contribution in [0.1, 0.15) is 0 Å². The number of nitrogens with zero attached hydrogens (tertiary/aromatic N) is 1. The van der Waals surface area contributed by atoms with Crippen molar-refractivity contribution in [3.63, 3.8) is 0 Å². The van der Waals surface area contributed by atoms with Crippen molar-refractivity contribution < 1.29 is 59.1 Å². The Labute approximate surface area is 70.1 Å². The zero-order chi connectivity index (χ0) is 2.71. The molecule has 0 aliphatic carbocycles. The van der Waals surface area contributed by atoms with Gasteiger partial charge >= 0.3 is 0 Å². The molecule has 0 atom stereocenters. The zero-order valence-corrected chi connectivity index (χ0v) is 6.72. The third kappa shape index (κ3) is 16000. The van der Waals surface area contributed by atoms with Crippen LogP contribution in [0.15, 0.2) is 5.34 Å². The topological polar surface area (TPSA) is 239 Å². The summed E-state index contributed by atoms with van der Waals surface area (Å²) < 4.78 is 0. The van der Waals surface area contributed by atoms with Gasteiger partial charge in [-0.2, -0.15) is 0 Å². The first kappa shape index (κ1) is 226. The average Bonchev–Trinajstić information content (AvgIpc) is 0.918. The minimum atomic E-state index is 0. The molecule has 0 unspecified atom stereocenters. The van der Waals surface area contributed by atoms with Crippen molar-refractivity contribution in [2.24, 2.45) is 5.34 Å². The van der Waals surface area contributed by atoms with E-state index in [1.165, 1.54) is 5.34 Å². The Balaban J connectivity index is -0.000000000952. The molecule has 0 radical (unpaired) electrons. The van der Waals surface area contributed by atoms with E-state index in [0.29, 0.717) is 0 Å². The maximum absolute atomic E-state index is 8.11. The monoisotopic (exact) mass is 253 g/mol. The van der Waals surface area contributed by atoms with Gasteiger partial charge in [0.1, 0.15) is 0 Å². The molecule has 0 aromatic rings. The van der Waals surface area contributed by atoms with Gasteiger partial charge in [0.05, 0.1) is 0 Å². The normalized spacial score (nSPS) is 1.20. The van der Waals surface area contributed by atoms with Gasteiger partial charge in [-0.3, -0.25) is 0 Å². The minimum Gasteiger partial charge on any atom is -0.412 e. The van der Waals surface area contributed by atoms with E-state index >= 15 is 0 Å². The van der Waals surface area contributed by atoms with Gasteiger partial charge in [0.15, 0.2) is 5.34 Å².